The zero-order chi connectivity index (χ0) is 9.10. The highest BCUT2D eigenvalue weighted by Gasteiger charge is 2.60. The van der Waals surface area contributed by atoms with Gasteiger partial charge in [0.2, 0.25) is 0 Å². The quantitative estimate of drug-likeness (QED) is 0.505. The Morgan fingerprint density at radius 2 is 1.67 bits per heavy atom. The van der Waals surface area contributed by atoms with Crippen LogP contribution in [0.2, 0.25) is 0 Å². The first-order chi connectivity index (χ1) is 6.10. The molecule has 0 aromatic heterocycles. The highest BCUT2D eigenvalue weighted by Crippen LogP contribution is 2.47. The molecular weight excluding hydrogens is 226 g/mol. The van der Waals surface area contributed by atoms with Gasteiger partial charge in [-0.2, -0.15) is 16.8 Å². The van der Waals surface area contributed by atoms with Crippen LogP contribution in [0.15, 0.2) is 0 Å². The molecule has 7 nitrogen and oxygen atoms in total. The summed E-state index contributed by atoms with van der Waals surface area (Å²) in [6, 6.07) is 0. The number of fused-ring (bicyclic) bond motifs is 2. The van der Waals surface area contributed by atoms with Crippen LogP contribution >= 0.6 is 0 Å². The van der Waals surface area contributed by atoms with Crippen LogP contribution < -0.4 is 0 Å². The van der Waals surface area contributed by atoms with Crippen LogP contribution in [0.4, 0.5) is 0 Å². The molecule has 4 aliphatic heterocycles. The van der Waals surface area contributed by atoms with Gasteiger partial charge in [0.25, 0.3) is 5.91 Å². The van der Waals surface area contributed by atoms with Gasteiger partial charge in [0.05, 0.1) is 0 Å². The maximum atomic E-state index is 10.8. The number of rotatable bonds is 0. The molecule has 0 aliphatic carbocycles. The number of hydrogen-bond donors (Lipinski definition) is 0. The molecule has 4 fully saturated rings. The molecule has 0 aromatic carbocycles. The Morgan fingerprint density at radius 3 is 2.00 bits per heavy atom. The Hall–Kier alpha value is -0.250. The van der Waals surface area contributed by atoms with E-state index in [9.17, 15) is 8.42 Å². The van der Waals surface area contributed by atoms with Crippen molar-refractivity contribution >= 4 is 10.4 Å². The lowest BCUT2D eigenvalue weighted by atomic mass is 9.86. The summed E-state index contributed by atoms with van der Waals surface area (Å²) in [4.78, 5) is 1.98. The van der Waals surface area contributed by atoms with Gasteiger partial charge in [0.1, 0.15) is 0 Å². The van der Waals surface area contributed by atoms with Crippen molar-refractivity contribution in [1.82, 2.24) is 4.90 Å². The maximum absolute atomic E-state index is 10.8. The fourth-order valence-corrected chi connectivity index (χ4v) is 3.47. The van der Waals surface area contributed by atoms with Crippen LogP contribution in [0.5, 0.6) is 0 Å². The fraction of sp³-hybridized carbons (Fsp3) is 1.00. The minimum atomic E-state index is -3.65. The Bertz CT molecular complexity index is 321. The molecule has 4 heterocycles. The van der Waals surface area contributed by atoms with E-state index in [2.05, 4.69) is 0 Å². The zero-order valence-electron chi connectivity index (χ0n) is 8.10. The second-order valence-electron chi connectivity index (χ2n) is 3.92. The summed E-state index contributed by atoms with van der Waals surface area (Å²) in [7, 11) is -3.65. The molecule has 0 unspecified atom stereocenters. The summed E-state index contributed by atoms with van der Waals surface area (Å²) in [5, 5.41) is 0. The molecule has 4 saturated heterocycles. The highest BCUT2D eigenvalue weighted by molar-refractivity contribution is 7.82. The third-order valence-electron chi connectivity index (χ3n) is 3.11. The lowest BCUT2D eigenvalue weighted by Crippen LogP contribution is -2.68. The SMILES string of the molecule is O.O.O=S1(=O)OC2(CC3CCN2CC3)O1. The molecule has 0 aromatic rings. The van der Waals surface area contributed by atoms with Crippen LogP contribution in [0, 0.1) is 5.92 Å². The van der Waals surface area contributed by atoms with Crippen LogP contribution in [0.3, 0.4) is 0 Å². The molecule has 4 rings (SSSR count). The Morgan fingerprint density at radius 1 is 1.13 bits per heavy atom. The molecule has 90 valence electrons. The van der Waals surface area contributed by atoms with Gasteiger partial charge in [0, 0.05) is 19.5 Å². The van der Waals surface area contributed by atoms with Crippen molar-refractivity contribution in [2.24, 2.45) is 5.92 Å². The lowest BCUT2D eigenvalue weighted by Gasteiger charge is -2.54. The average Bonchev–Trinajstić information content (AvgIpc) is 2.02. The largest absolute Gasteiger partial charge is 0.412 e. The minimum absolute atomic E-state index is 0. The van der Waals surface area contributed by atoms with E-state index >= 15 is 0 Å². The number of piperidine rings is 3. The predicted octanol–water partition coefficient (Wildman–Crippen LogP) is -1.60. The van der Waals surface area contributed by atoms with Crippen molar-refractivity contribution < 1.29 is 27.7 Å². The van der Waals surface area contributed by atoms with E-state index in [1.807, 2.05) is 4.90 Å². The van der Waals surface area contributed by atoms with Crippen LogP contribution in [0.1, 0.15) is 19.3 Å². The van der Waals surface area contributed by atoms with Crippen molar-refractivity contribution in [3.05, 3.63) is 0 Å². The van der Waals surface area contributed by atoms with E-state index in [1.165, 1.54) is 0 Å². The Labute approximate surface area is 87.9 Å². The first-order valence-electron chi connectivity index (χ1n) is 4.51. The van der Waals surface area contributed by atoms with Crippen molar-refractivity contribution in [2.75, 3.05) is 13.1 Å². The van der Waals surface area contributed by atoms with Gasteiger partial charge in [-0.15, -0.1) is 0 Å². The summed E-state index contributed by atoms with van der Waals surface area (Å²) in [6.07, 6.45) is 2.97. The third kappa shape index (κ3) is 1.77. The first-order valence-corrected chi connectivity index (χ1v) is 5.84. The van der Waals surface area contributed by atoms with Crippen molar-refractivity contribution in [3.8, 4) is 0 Å². The predicted molar refractivity (Wildman–Crippen MR) is 50.0 cm³/mol. The topological polar surface area (TPSA) is 119 Å². The summed E-state index contributed by atoms with van der Waals surface area (Å²) in [5.41, 5.74) is 0. The standard InChI is InChI=1S/C7H11NO4S.2H2O/c9-13(10)11-7(12-13)5-6-1-3-8(7)4-2-6;;/h6H,1-5H2;2*1H2. The first kappa shape index (κ1) is 12.8. The van der Waals surface area contributed by atoms with Gasteiger partial charge < -0.3 is 11.0 Å². The van der Waals surface area contributed by atoms with Crippen LogP contribution in [-0.2, 0) is 18.8 Å². The molecule has 2 bridgehead atoms. The molecule has 15 heavy (non-hydrogen) atoms. The van der Waals surface area contributed by atoms with Crippen LogP contribution in [-0.4, -0.2) is 43.3 Å². The molecule has 0 atom stereocenters. The summed E-state index contributed by atoms with van der Waals surface area (Å²) < 4.78 is 31.3. The van der Waals surface area contributed by atoms with Gasteiger partial charge in [-0.25, -0.2) is 0 Å². The molecule has 0 radical (unpaired) electrons. The average molecular weight is 241 g/mol. The smallest absolute Gasteiger partial charge is 0.407 e. The van der Waals surface area contributed by atoms with Gasteiger partial charge in [-0.1, -0.05) is 0 Å². The number of hydrogen-bond acceptors (Lipinski definition) is 5. The number of nitrogens with zero attached hydrogens (tertiary/aromatic N) is 1. The third-order valence-corrected chi connectivity index (χ3v) is 4.04. The molecule has 0 saturated carbocycles. The summed E-state index contributed by atoms with van der Waals surface area (Å²) in [5.74, 6) is -0.333. The monoisotopic (exact) mass is 241 g/mol. The highest BCUT2D eigenvalue weighted by atomic mass is 32.3. The van der Waals surface area contributed by atoms with Gasteiger partial charge >= 0.3 is 10.4 Å². The van der Waals surface area contributed by atoms with E-state index in [-0.39, 0.29) is 11.0 Å². The minimum Gasteiger partial charge on any atom is -0.412 e. The van der Waals surface area contributed by atoms with E-state index in [0.29, 0.717) is 12.3 Å². The molecular formula is C7H15NO6S. The molecule has 4 N–H and O–H groups in total. The second-order valence-corrected chi connectivity index (χ2v) is 5.07. The van der Waals surface area contributed by atoms with E-state index in [0.717, 1.165) is 25.9 Å². The fourth-order valence-electron chi connectivity index (χ4n) is 2.47. The normalized spacial score (nSPS) is 38.7. The lowest BCUT2D eigenvalue weighted by molar-refractivity contribution is -0.317. The molecule has 1 spiro atoms. The molecule has 4 aliphatic rings. The second kappa shape index (κ2) is 3.65. The van der Waals surface area contributed by atoms with E-state index in [1.54, 1.807) is 0 Å². The van der Waals surface area contributed by atoms with Gasteiger partial charge in [0.15, 0.2) is 0 Å². The van der Waals surface area contributed by atoms with Crippen molar-refractivity contribution in [1.29, 1.82) is 0 Å². The van der Waals surface area contributed by atoms with Crippen LogP contribution in [0.25, 0.3) is 0 Å². The van der Waals surface area contributed by atoms with E-state index < -0.39 is 16.3 Å². The zero-order valence-corrected chi connectivity index (χ0v) is 8.92. The van der Waals surface area contributed by atoms with Crippen molar-refractivity contribution in [3.63, 3.8) is 0 Å². The maximum Gasteiger partial charge on any atom is 0.407 e. The summed E-state index contributed by atoms with van der Waals surface area (Å²) >= 11 is 0. The van der Waals surface area contributed by atoms with Crippen molar-refractivity contribution in [2.45, 2.75) is 25.2 Å². The Balaban J connectivity index is 0.000000562. The van der Waals surface area contributed by atoms with E-state index in [4.69, 9.17) is 8.37 Å². The molecule has 0 amide bonds. The Kier molecular flexibility index (Phi) is 3.12. The van der Waals surface area contributed by atoms with Gasteiger partial charge in [-0.05, 0) is 18.8 Å². The molecule has 8 heteroatoms. The van der Waals surface area contributed by atoms with Gasteiger partial charge in [-0.3, -0.25) is 4.90 Å². The summed E-state index contributed by atoms with van der Waals surface area (Å²) in [6.45, 7) is 1.78.